The number of aromatic nitrogens is 2. The molecule has 38 heavy (non-hydrogen) atoms. The third-order valence-electron chi connectivity index (χ3n) is 7.92. The Morgan fingerprint density at radius 1 is 1.05 bits per heavy atom. The molecule has 1 aliphatic carbocycles. The van der Waals surface area contributed by atoms with E-state index in [4.69, 9.17) is 10.0 Å². The van der Waals surface area contributed by atoms with Crippen molar-refractivity contribution in [3.8, 4) is 0 Å². The molecule has 0 spiro atoms. The number of piperidine rings is 1. The number of piperazine rings is 1. The molecule has 0 saturated carbocycles. The predicted molar refractivity (Wildman–Crippen MR) is 153 cm³/mol. The summed E-state index contributed by atoms with van der Waals surface area (Å²) in [4.78, 5) is 17.0. The van der Waals surface area contributed by atoms with E-state index in [0.29, 0.717) is 17.8 Å². The first-order valence-corrected chi connectivity index (χ1v) is 13.4. The molecule has 1 aromatic heterocycles. The molecule has 0 bridgehead atoms. The molecule has 1 radical (unpaired) electrons. The van der Waals surface area contributed by atoms with Crippen molar-refractivity contribution in [3.05, 3.63) is 66.4 Å². The number of allylic oxidation sites excluding steroid dienone is 1. The van der Waals surface area contributed by atoms with Crippen LogP contribution in [0.3, 0.4) is 0 Å². The molecule has 1 aromatic carbocycles. The Labute approximate surface area is 251 Å². The second-order valence-electron chi connectivity index (χ2n) is 10.4. The number of nitrogens with one attached hydrogen (secondary N) is 2. The fourth-order valence-electron chi connectivity index (χ4n) is 5.52. The van der Waals surface area contributed by atoms with Crippen molar-refractivity contribution in [2.24, 2.45) is 0 Å². The molecule has 2 saturated heterocycles. The maximum Gasteiger partial charge on any atom is 0.541 e. The van der Waals surface area contributed by atoms with Crippen LogP contribution in [0.25, 0.3) is 0 Å². The van der Waals surface area contributed by atoms with Gasteiger partial charge in [0.15, 0.2) is 0 Å². The van der Waals surface area contributed by atoms with E-state index in [1.165, 1.54) is 59.6 Å². The topological polar surface area (TPSA) is 82.5 Å². The van der Waals surface area contributed by atoms with Gasteiger partial charge in [0.05, 0.1) is 0 Å². The molecule has 2 aliphatic heterocycles. The van der Waals surface area contributed by atoms with Crippen LogP contribution in [-0.4, -0.2) is 95.6 Å². The minimum Gasteiger partial charge on any atom is -0.559 e. The zero-order valence-electron chi connectivity index (χ0n) is 22.6. The summed E-state index contributed by atoms with van der Waals surface area (Å²) in [6.45, 7) is 13.2. The van der Waals surface area contributed by atoms with Gasteiger partial charge in [0.25, 0.3) is 0 Å². The van der Waals surface area contributed by atoms with Crippen molar-refractivity contribution in [2.45, 2.75) is 38.3 Å². The van der Waals surface area contributed by atoms with E-state index in [0.717, 1.165) is 40.4 Å². The standard InChI is InChI=1S/C28H39BN7O.U/c1-20-5-4-6-25(26(20)29-37)32-27-21(2)19-30-28(33-27)31-22-7-9-23(10-8-22)35-13-11-24(12-14-35)36-17-15-34(3)16-18-36;/h4-9,19,23-24H,1,10-18,37H2,2-3H3,(H2,30,31,32,33);. The third-order valence-corrected chi connectivity index (χ3v) is 7.92. The number of likely N-dealkylation sites (N-methyl/N-ethyl adjacent to an activating group) is 1. The fourth-order valence-corrected chi connectivity index (χ4v) is 5.52. The Bertz CT molecular complexity index is 1140. The third kappa shape index (κ3) is 7.04. The zero-order valence-corrected chi connectivity index (χ0v) is 26.7. The number of rotatable bonds is 7. The van der Waals surface area contributed by atoms with Gasteiger partial charge < -0.3 is 20.6 Å². The summed E-state index contributed by atoms with van der Waals surface area (Å²) >= 11 is 0. The van der Waals surface area contributed by atoms with Crippen LogP contribution < -0.4 is 16.1 Å². The number of hydrogen-bond acceptors (Lipinski definition) is 7. The molecule has 1 unspecified atom stereocenters. The molecule has 8 nitrogen and oxygen atoms in total. The maximum absolute atomic E-state index is 7.74. The van der Waals surface area contributed by atoms with Crippen molar-refractivity contribution < 1.29 is 36.1 Å². The van der Waals surface area contributed by atoms with Crippen molar-refractivity contribution in [1.82, 2.24) is 24.7 Å². The van der Waals surface area contributed by atoms with Crippen molar-refractivity contribution in [1.29, 1.82) is 0 Å². The summed E-state index contributed by atoms with van der Waals surface area (Å²) in [7, 11) is 3.55. The Balaban J connectivity index is 0.00000336. The smallest absolute Gasteiger partial charge is 0.541 e. The van der Waals surface area contributed by atoms with Gasteiger partial charge >= 0.3 is 7.48 Å². The molecule has 10 heteroatoms. The number of likely N-dealkylation sites (tertiary alicyclic amines) is 1. The largest absolute Gasteiger partial charge is 0.559 e. The summed E-state index contributed by atoms with van der Waals surface area (Å²) in [6.07, 6.45) is 12.1. The van der Waals surface area contributed by atoms with Gasteiger partial charge in [-0.05, 0) is 45.0 Å². The van der Waals surface area contributed by atoms with E-state index >= 15 is 0 Å². The maximum atomic E-state index is 7.74. The molecule has 4 N–H and O–H groups in total. The molecule has 3 aliphatic rings. The summed E-state index contributed by atoms with van der Waals surface area (Å²) in [5.74, 6) is 1.27. The van der Waals surface area contributed by atoms with Gasteiger partial charge in [0, 0.05) is 99.9 Å². The van der Waals surface area contributed by atoms with Crippen LogP contribution in [-0.2, 0) is 0 Å². The molecular formula is C28H39BN7OU. The van der Waals surface area contributed by atoms with Crippen LogP contribution in [0.5, 0.6) is 0 Å². The van der Waals surface area contributed by atoms with Gasteiger partial charge in [0.2, 0.25) is 5.95 Å². The van der Waals surface area contributed by atoms with Crippen molar-refractivity contribution in [2.75, 3.05) is 56.9 Å². The van der Waals surface area contributed by atoms with Gasteiger partial charge in [-0.15, -0.1) is 6.07 Å². The first kappa shape index (κ1) is 29.2. The van der Waals surface area contributed by atoms with Crippen LogP contribution in [0.15, 0.2) is 48.3 Å². The van der Waals surface area contributed by atoms with Crippen LogP contribution in [0.4, 0.5) is 17.5 Å². The average molecular weight is 739 g/mol. The summed E-state index contributed by atoms with van der Waals surface area (Å²) in [5.41, 5.74) is 4.33. The predicted octanol–water partition coefficient (Wildman–Crippen LogP) is 2.02. The van der Waals surface area contributed by atoms with E-state index in [9.17, 15) is 0 Å². The summed E-state index contributed by atoms with van der Waals surface area (Å²) in [5, 5.41) is 14.5. The molecular weight excluding hydrogens is 699 g/mol. The number of aryl methyl sites for hydroxylation is 1. The zero-order chi connectivity index (χ0) is 25.8. The van der Waals surface area contributed by atoms with Gasteiger partial charge in [-0.2, -0.15) is 23.5 Å². The molecule has 0 amide bonds. The van der Waals surface area contributed by atoms with Crippen molar-refractivity contribution >= 4 is 30.4 Å². The summed E-state index contributed by atoms with van der Waals surface area (Å²) < 4.78 is 0. The Morgan fingerprint density at radius 2 is 1.82 bits per heavy atom. The van der Waals surface area contributed by atoms with E-state index in [-0.39, 0.29) is 31.1 Å². The van der Waals surface area contributed by atoms with Crippen LogP contribution in [0.1, 0.15) is 30.4 Å². The Morgan fingerprint density at radius 3 is 2.50 bits per heavy atom. The number of hydrogen-bond donors (Lipinski definition) is 2. The van der Waals surface area contributed by atoms with Gasteiger partial charge in [-0.25, -0.2) is 4.98 Å². The number of nitrogens with zero attached hydrogens (tertiary/aromatic N) is 5. The van der Waals surface area contributed by atoms with Gasteiger partial charge in [-0.1, -0.05) is 23.7 Å². The SMILES string of the molecule is [CH2-]c1cccc(Nc2nc(NC3=CCC(N4CCC(N5CCN(C)CC5)CC4)C=C3)ncc2C)c1[B][OH2+].[U]. The summed E-state index contributed by atoms with van der Waals surface area (Å²) in [6, 6.07) is 6.97. The second-order valence-corrected chi connectivity index (χ2v) is 10.4. The molecule has 2 fully saturated rings. The Hall–Kier alpha value is -1.79. The molecule has 5 rings (SSSR count). The van der Waals surface area contributed by atoms with Gasteiger partial charge in [0.1, 0.15) is 5.82 Å². The van der Waals surface area contributed by atoms with Crippen LogP contribution in [0, 0.1) is 45.0 Å². The average Bonchev–Trinajstić information content (AvgIpc) is 2.92. The van der Waals surface area contributed by atoms with E-state index in [1.807, 2.05) is 31.3 Å². The quantitative estimate of drug-likeness (QED) is 0.256. The normalized spacial score (nSPS) is 21.4. The molecule has 199 valence electrons. The minimum atomic E-state index is 0. The Kier molecular flexibility index (Phi) is 10.4. The van der Waals surface area contributed by atoms with E-state index in [2.05, 4.69) is 62.5 Å². The monoisotopic (exact) mass is 738 g/mol. The number of benzene rings is 1. The molecule has 1 atom stereocenters. The molecule has 3 heterocycles. The first-order chi connectivity index (χ1) is 18.0. The molecule has 2 aromatic rings. The van der Waals surface area contributed by atoms with Gasteiger partial charge in [-0.3, -0.25) is 9.80 Å². The van der Waals surface area contributed by atoms with Crippen molar-refractivity contribution in [3.63, 3.8) is 0 Å². The number of anilines is 3. The van der Waals surface area contributed by atoms with E-state index in [1.54, 1.807) is 0 Å². The van der Waals surface area contributed by atoms with E-state index < -0.39 is 0 Å². The van der Waals surface area contributed by atoms with Crippen LogP contribution in [0.2, 0.25) is 0 Å². The first-order valence-electron chi connectivity index (χ1n) is 13.4. The van der Waals surface area contributed by atoms with Crippen LogP contribution >= 0.6 is 0 Å². The minimum absolute atomic E-state index is 0. The second kappa shape index (κ2) is 13.5. The fraction of sp³-hybridized carbons (Fsp3) is 0.464.